The van der Waals surface area contributed by atoms with Gasteiger partial charge in [-0.05, 0) is 41.6 Å². The van der Waals surface area contributed by atoms with Gasteiger partial charge in [0.15, 0.2) is 0 Å². The Morgan fingerprint density at radius 2 is 1.69 bits per heavy atom. The molecule has 1 fully saturated rings. The molecule has 7 nitrogen and oxygen atoms in total. The average Bonchev–Trinajstić information content (AvgIpc) is 3.51. The lowest BCUT2D eigenvalue weighted by Crippen LogP contribution is -2.48. The Labute approximate surface area is 235 Å². The smallest absolute Gasteiger partial charge is 0.254 e. The van der Waals surface area contributed by atoms with Crippen molar-refractivity contribution in [3.05, 3.63) is 93.7 Å². The molecule has 3 heterocycles. The van der Waals surface area contributed by atoms with Gasteiger partial charge in [0.25, 0.3) is 5.91 Å². The van der Waals surface area contributed by atoms with Gasteiger partial charge in [-0.25, -0.2) is 0 Å². The number of nitrogens with zero attached hydrogens (tertiary/aromatic N) is 3. The van der Waals surface area contributed by atoms with E-state index in [0.717, 1.165) is 56.1 Å². The molecule has 1 saturated heterocycles. The first-order valence-electron chi connectivity index (χ1n) is 13.8. The van der Waals surface area contributed by atoms with E-state index >= 15 is 0 Å². The van der Waals surface area contributed by atoms with Gasteiger partial charge in [-0.15, -0.1) is 11.3 Å². The van der Waals surface area contributed by atoms with Crippen LogP contribution >= 0.6 is 11.3 Å². The molecule has 1 aromatic heterocycles. The minimum Gasteiger partial charge on any atom is -0.383 e. The van der Waals surface area contributed by atoms with E-state index in [0.29, 0.717) is 25.3 Å². The van der Waals surface area contributed by atoms with Crippen molar-refractivity contribution in [2.45, 2.75) is 24.9 Å². The first-order valence-corrected chi connectivity index (χ1v) is 14.7. The van der Waals surface area contributed by atoms with Crippen molar-refractivity contribution in [2.75, 3.05) is 59.5 Å². The van der Waals surface area contributed by atoms with Crippen molar-refractivity contribution in [1.82, 2.24) is 20.0 Å². The third-order valence-electron chi connectivity index (χ3n) is 7.76. The quantitative estimate of drug-likeness (QED) is 0.369. The molecule has 0 spiro atoms. The number of piperazine rings is 1. The highest BCUT2D eigenvalue weighted by Crippen LogP contribution is 2.44. The molecule has 0 aliphatic carbocycles. The number of thiophene rings is 1. The standard InChI is InChI=1S/C31H38N4O3S/c1-38-21-20-35-29(27-13-7-22-39-27)28(25-11-5-6-12-26(25)31(35)37)30(36)32-14-8-15-33-16-18-34(19-17-33)23-24-9-3-2-4-10-24/h2-7,9-13,22,28-29H,8,14-21,23H2,1H3,(H,32,36)/t28-,29+/m0/s1. The lowest BCUT2D eigenvalue weighted by molar-refractivity contribution is -0.124. The van der Waals surface area contributed by atoms with Crippen LogP contribution in [0.4, 0.5) is 0 Å². The van der Waals surface area contributed by atoms with E-state index in [1.165, 1.54) is 5.56 Å². The largest absolute Gasteiger partial charge is 0.383 e. The molecular weight excluding hydrogens is 508 g/mol. The number of carbonyl (C=O) groups is 2. The highest BCUT2D eigenvalue weighted by molar-refractivity contribution is 7.10. The van der Waals surface area contributed by atoms with Crippen LogP contribution in [-0.2, 0) is 16.1 Å². The summed E-state index contributed by atoms with van der Waals surface area (Å²) in [4.78, 5) is 35.1. The van der Waals surface area contributed by atoms with Gasteiger partial charge in [0.1, 0.15) is 0 Å². The molecule has 2 aliphatic heterocycles. The zero-order chi connectivity index (χ0) is 27.0. The molecule has 0 unspecified atom stereocenters. The van der Waals surface area contributed by atoms with E-state index in [1.54, 1.807) is 18.4 Å². The maximum atomic E-state index is 13.8. The van der Waals surface area contributed by atoms with Crippen LogP contribution in [0.1, 0.15) is 44.7 Å². The Kier molecular flexibility index (Phi) is 9.42. The Bertz CT molecular complexity index is 1210. The average molecular weight is 547 g/mol. The summed E-state index contributed by atoms with van der Waals surface area (Å²) in [6.07, 6.45) is 0.898. The maximum absolute atomic E-state index is 13.8. The number of amides is 2. The van der Waals surface area contributed by atoms with Gasteiger partial charge in [0, 0.05) is 63.4 Å². The second-order valence-electron chi connectivity index (χ2n) is 10.3. The van der Waals surface area contributed by atoms with Gasteiger partial charge in [-0.1, -0.05) is 54.6 Å². The molecule has 0 bridgehead atoms. The predicted molar refractivity (Wildman–Crippen MR) is 155 cm³/mol. The number of methoxy groups -OCH3 is 1. The Morgan fingerprint density at radius 1 is 0.949 bits per heavy atom. The summed E-state index contributed by atoms with van der Waals surface area (Å²) in [5.41, 5.74) is 2.78. The number of rotatable bonds is 11. The van der Waals surface area contributed by atoms with Gasteiger partial charge >= 0.3 is 0 Å². The highest BCUT2D eigenvalue weighted by atomic mass is 32.1. The number of hydrogen-bond donors (Lipinski definition) is 1. The molecule has 1 N–H and O–H groups in total. The molecule has 206 valence electrons. The zero-order valence-corrected chi connectivity index (χ0v) is 23.4. The number of benzene rings is 2. The van der Waals surface area contributed by atoms with Crippen molar-refractivity contribution >= 4 is 23.2 Å². The molecule has 0 saturated carbocycles. The third-order valence-corrected chi connectivity index (χ3v) is 8.70. The normalized spacial score (nSPS) is 20.1. The molecule has 3 aromatic rings. The fourth-order valence-electron chi connectivity index (χ4n) is 5.72. The zero-order valence-electron chi connectivity index (χ0n) is 22.6. The van der Waals surface area contributed by atoms with Crippen LogP contribution < -0.4 is 5.32 Å². The van der Waals surface area contributed by atoms with E-state index in [9.17, 15) is 9.59 Å². The van der Waals surface area contributed by atoms with Crippen molar-refractivity contribution in [3.8, 4) is 0 Å². The van der Waals surface area contributed by atoms with Crippen LogP contribution in [0.3, 0.4) is 0 Å². The van der Waals surface area contributed by atoms with Crippen molar-refractivity contribution < 1.29 is 14.3 Å². The summed E-state index contributed by atoms with van der Waals surface area (Å²) in [6.45, 7) is 7.67. The molecule has 39 heavy (non-hydrogen) atoms. The molecule has 5 rings (SSSR count). The first-order chi connectivity index (χ1) is 19.2. The summed E-state index contributed by atoms with van der Waals surface area (Å²) >= 11 is 1.59. The summed E-state index contributed by atoms with van der Waals surface area (Å²) in [5, 5.41) is 5.22. The number of carbonyl (C=O) groups excluding carboxylic acids is 2. The topological polar surface area (TPSA) is 65.1 Å². The molecular formula is C31H38N4O3S. The molecule has 2 aromatic carbocycles. The van der Waals surface area contributed by atoms with Gasteiger partial charge < -0.3 is 19.9 Å². The van der Waals surface area contributed by atoms with Crippen molar-refractivity contribution in [1.29, 1.82) is 0 Å². The summed E-state index contributed by atoms with van der Waals surface area (Å²) < 4.78 is 5.32. The number of ether oxygens (including phenoxy) is 1. The van der Waals surface area contributed by atoms with Crippen molar-refractivity contribution in [3.63, 3.8) is 0 Å². The van der Waals surface area contributed by atoms with Crippen LogP contribution in [-0.4, -0.2) is 86.0 Å². The molecule has 0 radical (unpaired) electrons. The number of hydrogen-bond acceptors (Lipinski definition) is 6. The Balaban J connectivity index is 1.19. The van der Waals surface area contributed by atoms with Crippen LogP contribution in [0.25, 0.3) is 0 Å². The molecule has 2 aliphatic rings. The predicted octanol–water partition coefficient (Wildman–Crippen LogP) is 4.00. The van der Waals surface area contributed by atoms with Crippen LogP contribution in [0.2, 0.25) is 0 Å². The molecule has 8 heteroatoms. The number of fused-ring (bicyclic) bond motifs is 1. The van der Waals surface area contributed by atoms with Gasteiger partial charge in [-0.2, -0.15) is 0 Å². The Hall–Kier alpha value is -3.04. The minimum absolute atomic E-state index is 0.0246. The van der Waals surface area contributed by atoms with Gasteiger partial charge in [0.2, 0.25) is 5.91 Å². The lowest BCUT2D eigenvalue weighted by atomic mass is 9.81. The fourth-order valence-corrected chi connectivity index (χ4v) is 6.60. The maximum Gasteiger partial charge on any atom is 0.254 e. The van der Waals surface area contributed by atoms with E-state index < -0.39 is 5.92 Å². The summed E-state index contributed by atoms with van der Waals surface area (Å²) in [5.74, 6) is -0.532. The van der Waals surface area contributed by atoms with E-state index in [1.807, 2.05) is 46.7 Å². The first kappa shape index (κ1) is 27.5. The lowest BCUT2D eigenvalue weighted by Gasteiger charge is -2.41. The highest BCUT2D eigenvalue weighted by Gasteiger charge is 2.44. The van der Waals surface area contributed by atoms with Crippen LogP contribution in [0, 0.1) is 0 Å². The number of nitrogens with one attached hydrogen (secondary N) is 1. The van der Waals surface area contributed by atoms with E-state index in [2.05, 4.69) is 45.4 Å². The SMILES string of the molecule is COCCN1C(=O)c2ccccc2[C@H](C(=O)NCCCN2CCN(Cc3ccccc3)CC2)[C@H]1c1cccs1. The second-order valence-corrected chi connectivity index (χ2v) is 11.2. The molecule has 2 atom stereocenters. The third kappa shape index (κ3) is 6.58. The van der Waals surface area contributed by atoms with Crippen LogP contribution in [0.5, 0.6) is 0 Å². The second kappa shape index (κ2) is 13.3. The van der Waals surface area contributed by atoms with Gasteiger partial charge in [-0.3, -0.25) is 14.5 Å². The molecule has 2 amide bonds. The summed E-state index contributed by atoms with van der Waals surface area (Å²) in [6, 6.07) is 21.8. The summed E-state index contributed by atoms with van der Waals surface area (Å²) in [7, 11) is 1.63. The monoisotopic (exact) mass is 546 g/mol. The fraction of sp³-hybridized carbons (Fsp3) is 0.419. The van der Waals surface area contributed by atoms with E-state index in [-0.39, 0.29) is 17.9 Å². The van der Waals surface area contributed by atoms with Crippen molar-refractivity contribution in [2.24, 2.45) is 0 Å². The van der Waals surface area contributed by atoms with Crippen LogP contribution in [0.15, 0.2) is 72.1 Å². The minimum atomic E-state index is -0.462. The Morgan fingerprint density at radius 3 is 2.44 bits per heavy atom. The van der Waals surface area contributed by atoms with Gasteiger partial charge in [0.05, 0.1) is 18.6 Å². The van der Waals surface area contributed by atoms with E-state index in [4.69, 9.17) is 4.74 Å².